The van der Waals surface area contributed by atoms with Gasteiger partial charge < -0.3 is 24.8 Å². The third kappa shape index (κ3) is 1.37. The van der Waals surface area contributed by atoms with Gasteiger partial charge in [0.2, 0.25) is 11.4 Å². The summed E-state index contributed by atoms with van der Waals surface area (Å²) in [6.07, 6.45) is -1.21. The molecule has 6 nitrogen and oxygen atoms in total. The van der Waals surface area contributed by atoms with E-state index >= 15 is 0 Å². The van der Waals surface area contributed by atoms with Gasteiger partial charge in [-0.3, -0.25) is 4.79 Å². The van der Waals surface area contributed by atoms with Crippen molar-refractivity contribution in [1.29, 1.82) is 0 Å². The number of ketones is 1. The summed E-state index contributed by atoms with van der Waals surface area (Å²) in [7, 11) is 1.42. The Morgan fingerprint density at radius 2 is 2.05 bits per heavy atom. The van der Waals surface area contributed by atoms with E-state index in [0.29, 0.717) is 11.3 Å². The third-order valence-corrected chi connectivity index (χ3v) is 3.87. The fourth-order valence-corrected chi connectivity index (χ4v) is 2.81. The second-order valence-corrected chi connectivity index (χ2v) is 4.97. The van der Waals surface area contributed by atoms with Crippen LogP contribution in [0.3, 0.4) is 0 Å². The molecule has 1 aromatic carbocycles. The number of phenols is 1. The van der Waals surface area contributed by atoms with Gasteiger partial charge in [-0.1, -0.05) is 0 Å². The molecule has 2 aliphatic rings. The fraction of sp³-hybridized carbons (Fsp3) is 0.357. The number of phenolic OH excluding ortho intramolecular Hbond substituents is 1. The summed E-state index contributed by atoms with van der Waals surface area (Å²) in [4.78, 5) is 12.6. The maximum atomic E-state index is 12.6. The van der Waals surface area contributed by atoms with Crippen molar-refractivity contribution in [3.05, 3.63) is 29.3 Å². The Labute approximate surface area is 114 Å². The molecule has 0 saturated carbocycles. The van der Waals surface area contributed by atoms with E-state index in [0.717, 1.165) is 0 Å². The molecule has 0 radical (unpaired) electrons. The number of aliphatic hydroxyl groups is 2. The van der Waals surface area contributed by atoms with E-state index in [9.17, 15) is 20.1 Å². The topological polar surface area (TPSA) is 96.2 Å². The number of benzene rings is 1. The second-order valence-electron chi connectivity index (χ2n) is 4.97. The highest BCUT2D eigenvalue weighted by atomic mass is 16.5. The summed E-state index contributed by atoms with van der Waals surface area (Å²) in [6.45, 7) is 1.59. The van der Waals surface area contributed by atoms with Crippen molar-refractivity contribution >= 4 is 5.78 Å². The number of rotatable bonds is 1. The number of Topliss-reactive ketones (excluding diaryl/α,β-unsaturated/α-hetero) is 1. The standard InChI is InChI=1S/C14H14O6/c1-6-3-9(16)12(17)14(6)13(18)11-8(15)4-7(19-2)5-10(11)20-14/h3-5,9,12,15-17H,1-2H3. The molecule has 1 aromatic rings. The third-order valence-electron chi connectivity index (χ3n) is 3.87. The number of hydrogen-bond acceptors (Lipinski definition) is 6. The van der Waals surface area contributed by atoms with Gasteiger partial charge in [0.25, 0.3) is 0 Å². The molecule has 1 aliphatic heterocycles. The Hall–Kier alpha value is -2.05. The van der Waals surface area contributed by atoms with E-state index < -0.39 is 23.6 Å². The maximum Gasteiger partial charge on any atom is 0.221 e. The Morgan fingerprint density at radius 1 is 1.35 bits per heavy atom. The Morgan fingerprint density at radius 3 is 2.60 bits per heavy atom. The van der Waals surface area contributed by atoms with Crippen LogP contribution in [0, 0.1) is 0 Å². The van der Waals surface area contributed by atoms with E-state index in [1.807, 2.05) is 0 Å². The van der Waals surface area contributed by atoms with Gasteiger partial charge in [-0.2, -0.15) is 0 Å². The minimum absolute atomic E-state index is 0.00769. The summed E-state index contributed by atoms with van der Waals surface area (Å²) < 4.78 is 10.6. The van der Waals surface area contributed by atoms with Gasteiger partial charge in [-0.25, -0.2) is 0 Å². The average molecular weight is 278 g/mol. The molecule has 106 valence electrons. The normalized spacial score (nSPS) is 31.2. The van der Waals surface area contributed by atoms with Crippen molar-refractivity contribution < 1.29 is 29.6 Å². The van der Waals surface area contributed by atoms with Gasteiger partial charge in [0, 0.05) is 12.1 Å². The minimum Gasteiger partial charge on any atom is -0.507 e. The fourth-order valence-electron chi connectivity index (χ4n) is 2.81. The maximum absolute atomic E-state index is 12.6. The lowest BCUT2D eigenvalue weighted by Crippen LogP contribution is -2.52. The van der Waals surface area contributed by atoms with Gasteiger partial charge in [0.15, 0.2) is 0 Å². The van der Waals surface area contributed by atoms with Gasteiger partial charge in [0.1, 0.15) is 35.0 Å². The second kappa shape index (κ2) is 3.97. The van der Waals surface area contributed by atoms with Crippen LogP contribution in [-0.2, 0) is 0 Å². The van der Waals surface area contributed by atoms with Crippen LogP contribution in [0.15, 0.2) is 23.8 Å². The molecule has 0 bridgehead atoms. The lowest BCUT2D eigenvalue weighted by Gasteiger charge is -2.28. The highest BCUT2D eigenvalue weighted by molar-refractivity contribution is 6.12. The molecule has 0 fully saturated rings. The molecule has 1 heterocycles. The predicted octanol–water partition coefficient (Wildman–Crippen LogP) is 0.396. The van der Waals surface area contributed by atoms with E-state index in [2.05, 4.69) is 0 Å². The summed E-state index contributed by atoms with van der Waals surface area (Å²) in [5, 5.41) is 29.8. The van der Waals surface area contributed by atoms with Crippen LogP contribution in [-0.4, -0.2) is 46.0 Å². The number of ether oxygens (including phenoxy) is 2. The van der Waals surface area contributed by atoms with Crippen LogP contribution in [0.1, 0.15) is 17.3 Å². The number of aliphatic hydroxyl groups excluding tert-OH is 2. The molecule has 3 rings (SSSR count). The average Bonchev–Trinajstić information content (AvgIpc) is 2.82. The summed E-state index contributed by atoms with van der Waals surface area (Å²) in [5.41, 5.74) is -1.25. The molecule has 20 heavy (non-hydrogen) atoms. The lowest BCUT2D eigenvalue weighted by molar-refractivity contribution is -0.0383. The zero-order valence-corrected chi connectivity index (χ0v) is 11.0. The molecular formula is C14H14O6. The molecule has 0 saturated heterocycles. The van der Waals surface area contributed by atoms with Crippen LogP contribution in [0.25, 0.3) is 0 Å². The molecule has 1 spiro atoms. The Balaban J connectivity index is 2.16. The zero-order valence-electron chi connectivity index (χ0n) is 11.0. The quantitative estimate of drug-likeness (QED) is 0.643. The predicted molar refractivity (Wildman–Crippen MR) is 68.1 cm³/mol. The summed E-state index contributed by atoms with van der Waals surface area (Å²) in [5.74, 6) is -0.374. The summed E-state index contributed by atoms with van der Waals surface area (Å²) >= 11 is 0. The van der Waals surface area contributed by atoms with Crippen molar-refractivity contribution in [2.75, 3.05) is 7.11 Å². The van der Waals surface area contributed by atoms with Gasteiger partial charge in [0.05, 0.1) is 7.11 Å². The number of aromatic hydroxyl groups is 1. The van der Waals surface area contributed by atoms with Crippen molar-refractivity contribution in [3.8, 4) is 17.2 Å². The van der Waals surface area contributed by atoms with Gasteiger partial charge in [-0.15, -0.1) is 0 Å². The van der Waals surface area contributed by atoms with Crippen molar-refractivity contribution in [2.45, 2.75) is 24.7 Å². The van der Waals surface area contributed by atoms with Gasteiger partial charge >= 0.3 is 0 Å². The molecule has 3 atom stereocenters. The largest absolute Gasteiger partial charge is 0.507 e. The highest BCUT2D eigenvalue weighted by Gasteiger charge is 2.60. The molecule has 3 unspecified atom stereocenters. The van der Waals surface area contributed by atoms with E-state index in [1.165, 1.54) is 25.3 Å². The number of hydrogen-bond donors (Lipinski definition) is 3. The van der Waals surface area contributed by atoms with Crippen molar-refractivity contribution in [1.82, 2.24) is 0 Å². The van der Waals surface area contributed by atoms with Crippen molar-refractivity contribution in [2.24, 2.45) is 0 Å². The van der Waals surface area contributed by atoms with E-state index in [1.54, 1.807) is 6.92 Å². The van der Waals surface area contributed by atoms with Crippen LogP contribution >= 0.6 is 0 Å². The van der Waals surface area contributed by atoms with Crippen LogP contribution < -0.4 is 9.47 Å². The first-order valence-electron chi connectivity index (χ1n) is 6.11. The molecular weight excluding hydrogens is 264 g/mol. The molecule has 1 aliphatic carbocycles. The first-order valence-corrected chi connectivity index (χ1v) is 6.11. The summed E-state index contributed by atoms with van der Waals surface area (Å²) in [6, 6.07) is 2.77. The Bertz CT molecular complexity index is 635. The van der Waals surface area contributed by atoms with E-state index in [4.69, 9.17) is 9.47 Å². The number of carbonyl (C=O) groups excluding carboxylic acids is 1. The minimum atomic E-state index is -1.66. The number of carbonyl (C=O) groups is 1. The van der Waals surface area contributed by atoms with Crippen molar-refractivity contribution in [3.63, 3.8) is 0 Å². The smallest absolute Gasteiger partial charge is 0.221 e. The molecule has 3 N–H and O–H groups in total. The Kier molecular flexibility index (Phi) is 2.57. The van der Waals surface area contributed by atoms with Crippen LogP contribution in [0.2, 0.25) is 0 Å². The molecule has 0 amide bonds. The highest BCUT2D eigenvalue weighted by Crippen LogP contribution is 2.49. The number of methoxy groups -OCH3 is 1. The first kappa shape index (κ1) is 13.0. The SMILES string of the molecule is COc1cc(O)c2c(c1)OC1(C2=O)C(C)=CC(O)C1O. The van der Waals surface area contributed by atoms with Crippen LogP contribution in [0.4, 0.5) is 0 Å². The molecule has 0 aromatic heterocycles. The molecule has 6 heteroatoms. The van der Waals surface area contributed by atoms with Gasteiger partial charge in [-0.05, 0) is 18.6 Å². The first-order chi connectivity index (χ1) is 9.41. The zero-order chi connectivity index (χ0) is 14.7. The van der Waals surface area contributed by atoms with Crippen LogP contribution in [0.5, 0.6) is 17.2 Å². The van der Waals surface area contributed by atoms with E-state index in [-0.39, 0.29) is 17.1 Å². The monoisotopic (exact) mass is 278 g/mol. The lowest BCUT2D eigenvalue weighted by atomic mass is 9.87. The number of fused-ring (bicyclic) bond motifs is 1.